The lowest BCUT2D eigenvalue weighted by Crippen LogP contribution is -2.51. The zero-order valence-corrected chi connectivity index (χ0v) is 25.5. The number of benzene rings is 1. The summed E-state index contributed by atoms with van der Waals surface area (Å²) in [6.07, 6.45) is 4.01. The Morgan fingerprint density at radius 2 is 1.68 bits per heavy atom. The number of aliphatic hydroxyl groups excluding tert-OH is 2. The molecule has 3 aromatic rings. The molecule has 0 fully saturated rings. The number of aromatic nitrogens is 2. The highest BCUT2D eigenvalue weighted by atomic mass is 79.9. The van der Waals surface area contributed by atoms with Crippen LogP contribution in [0.15, 0.2) is 70.2 Å². The molecule has 5 N–H and O–H groups in total. The average molecular weight is 699 g/mol. The maximum absolute atomic E-state index is 13.6. The van der Waals surface area contributed by atoms with Gasteiger partial charge in [-0.2, -0.15) is 5.10 Å². The van der Waals surface area contributed by atoms with Crippen molar-refractivity contribution in [3.8, 4) is 11.5 Å². The number of aliphatic hydroxyl groups is 2. The van der Waals surface area contributed by atoms with E-state index in [0.717, 1.165) is 13.2 Å². The highest BCUT2D eigenvalue weighted by molar-refractivity contribution is 9.10. The Morgan fingerprint density at radius 1 is 0.979 bits per heavy atom. The minimum Gasteiger partial charge on any atom is -0.510 e. The number of nitrogens with zero attached hydrogens (tertiary/aromatic N) is 2. The van der Waals surface area contributed by atoms with Gasteiger partial charge in [-0.05, 0) is 51.9 Å². The number of pyridine rings is 2. The highest BCUT2D eigenvalue weighted by Crippen LogP contribution is 2.54. The fourth-order valence-corrected chi connectivity index (χ4v) is 6.96. The zero-order chi connectivity index (χ0) is 33.5. The Balaban J connectivity index is 1.39. The summed E-state index contributed by atoms with van der Waals surface area (Å²) in [4.78, 5) is 85.0. The van der Waals surface area contributed by atoms with Crippen molar-refractivity contribution in [2.45, 2.75) is 18.3 Å². The van der Waals surface area contributed by atoms with Gasteiger partial charge in [0.05, 0.1) is 50.8 Å². The number of hydrogen-bond donors (Lipinski definition) is 5. The van der Waals surface area contributed by atoms with Crippen LogP contribution in [0.1, 0.15) is 33.6 Å². The van der Waals surface area contributed by atoms with Crippen LogP contribution in [-0.4, -0.2) is 44.5 Å². The third-order valence-electron chi connectivity index (χ3n) is 8.61. The fraction of sp³-hybridized carbons (Fsp3) is 0.125. The van der Waals surface area contributed by atoms with Crippen LogP contribution in [0.2, 0.25) is 0 Å². The van der Waals surface area contributed by atoms with Gasteiger partial charge in [0.25, 0.3) is 11.5 Å². The smallest absolute Gasteiger partial charge is 0.272 e. The molecule has 1 atom stereocenters. The van der Waals surface area contributed by atoms with Crippen LogP contribution in [0.5, 0.6) is 11.5 Å². The number of rotatable bonds is 4. The summed E-state index contributed by atoms with van der Waals surface area (Å²) >= 11 is 3.23. The molecule has 4 aliphatic rings. The van der Waals surface area contributed by atoms with E-state index in [1.165, 1.54) is 30.7 Å². The highest BCUT2D eigenvalue weighted by Gasteiger charge is 2.53. The van der Waals surface area contributed by atoms with Gasteiger partial charge < -0.3 is 25.0 Å². The molecule has 234 valence electrons. The Hall–Kier alpha value is -5.96. The number of aromatic hydroxyl groups is 1. The molecule has 1 amide bonds. The van der Waals surface area contributed by atoms with Gasteiger partial charge in [-0.25, -0.2) is 5.43 Å². The first-order valence-electron chi connectivity index (χ1n) is 13.8. The first kappa shape index (κ1) is 29.7. The van der Waals surface area contributed by atoms with Crippen molar-refractivity contribution >= 4 is 50.3 Å². The number of phenols is 1. The van der Waals surface area contributed by atoms with E-state index in [1.807, 2.05) is 0 Å². The number of carbonyl (C=O) groups is 1. The molecule has 2 heterocycles. The van der Waals surface area contributed by atoms with Crippen LogP contribution < -0.4 is 47.9 Å². The summed E-state index contributed by atoms with van der Waals surface area (Å²) in [5, 5.41) is 35.7. The second-order valence-corrected chi connectivity index (χ2v) is 12.0. The first-order valence-corrected chi connectivity index (χ1v) is 14.6. The summed E-state index contributed by atoms with van der Waals surface area (Å²) in [6.45, 7) is 0. The number of hydrazone groups is 1. The molecule has 14 nitrogen and oxygen atoms in total. The van der Waals surface area contributed by atoms with Gasteiger partial charge >= 0.3 is 0 Å². The summed E-state index contributed by atoms with van der Waals surface area (Å²) in [5.41, 5.74) is -4.13. The van der Waals surface area contributed by atoms with Crippen molar-refractivity contribution in [1.29, 1.82) is 0 Å². The quantitative estimate of drug-likeness (QED) is 0.118. The summed E-state index contributed by atoms with van der Waals surface area (Å²) in [7, 11) is 1.11. The van der Waals surface area contributed by atoms with Crippen molar-refractivity contribution in [1.82, 2.24) is 15.4 Å². The van der Waals surface area contributed by atoms with Gasteiger partial charge in [-0.1, -0.05) is 6.07 Å². The molecule has 0 saturated heterocycles. The predicted molar refractivity (Wildman–Crippen MR) is 170 cm³/mol. The maximum atomic E-state index is 13.6. The van der Waals surface area contributed by atoms with E-state index in [9.17, 15) is 44.1 Å². The average Bonchev–Trinajstić information content (AvgIpc) is 3.52. The number of ether oxygens (including phenoxy) is 1. The van der Waals surface area contributed by atoms with Gasteiger partial charge in [0, 0.05) is 28.5 Å². The third-order valence-corrected chi connectivity index (χ3v) is 9.05. The zero-order valence-electron chi connectivity index (χ0n) is 23.9. The molecule has 7 rings (SSSR count). The molecule has 1 spiro atoms. The SMILES string of the molecule is COc1cc(=O)c2c(=O)c3c(c(=O)c=2c1=O)=C(O)[C@]1(CCc2cc4cc(C=NNC(=O)c5cncc(Br)c5)[nH]c(=O)c4c(O)c21)C=3O. The fourth-order valence-electron chi connectivity index (χ4n) is 6.60. The number of aryl methyl sites for hydroxylation is 1. The predicted octanol–water partition coefficient (Wildman–Crippen LogP) is -0.565. The molecular formula is C32H19BrN4O10. The summed E-state index contributed by atoms with van der Waals surface area (Å²) in [6, 6.07) is 5.33. The van der Waals surface area contributed by atoms with Crippen molar-refractivity contribution in [2.24, 2.45) is 5.10 Å². The normalized spacial score (nSPS) is 16.8. The number of hydrogen-bond acceptors (Lipinski definition) is 12. The molecule has 47 heavy (non-hydrogen) atoms. The van der Waals surface area contributed by atoms with Crippen molar-refractivity contribution in [2.75, 3.05) is 7.11 Å². The number of carbonyl (C=O) groups excluding carboxylic acids is 1. The molecule has 0 unspecified atom stereocenters. The number of fused-ring (bicyclic) bond motifs is 4. The largest absolute Gasteiger partial charge is 0.510 e. The van der Waals surface area contributed by atoms with Crippen LogP contribution in [0.3, 0.4) is 0 Å². The molecule has 0 aliphatic heterocycles. The van der Waals surface area contributed by atoms with E-state index in [0.29, 0.717) is 10.0 Å². The number of nitrogens with one attached hydrogen (secondary N) is 2. The van der Waals surface area contributed by atoms with Gasteiger partial charge in [-0.3, -0.25) is 33.8 Å². The standard InChI is InChI=1S/C32H19BrN4O10/c1-47-17-7-16(38)19-20(24(17)39)26(41)22-21(25(19)40)28(43)32(29(22)44)3-2-11-4-12-6-15(36-31(46)18(12)27(42)23(11)32)10-35-37-30(45)13-5-14(33)9-34-8-13/h4-10,42-44H,2-3H2,1H3,(H,36,46)(H,37,45)/t32-/m0/s1. The topological polar surface area (TPSA) is 225 Å². The molecule has 4 aliphatic carbocycles. The lowest BCUT2D eigenvalue weighted by molar-refractivity contribution is 0.0954. The molecule has 0 bridgehead atoms. The van der Waals surface area contributed by atoms with E-state index < -0.39 is 82.5 Å². The number of aromatic amines is 1. The Morgan fingerprint density at radius 3 is 2.36 bits per heavy atom. The van der Waals surface area contributed by atoms with Crippen LogP contribution in [0.4, 0.5) is 0 Å². The van der Waals surface area contributed by atoms with Crippen molar-refractivity contribution in [3.05, 3.63) is 136 Å². The van der Waals surface area contributed by atoms with E-state index >= 15 is 0 Å². The first-order chi connectivity index (χ1) is 22.4. The Kier molecular flexibility index (Phi) is 6.50. The van der Waals surface area contributed by atoms with Crippen molar-refractivity contribution < 1.29 is 24.9 Å². The molecule has 1 aromatic carbocycles. The molecule has 2 aromatic heterocycles. The maximum Gasteiger partial charge on any atom is 0.272 e. The number of H-pyrrole nitrogens is 1. The van der Waals surface area contributed by atoms with E-state index in [2.05, 4.69) is 36.4 Å². The molecule has 0 radical (unpaired) electrons. The number of phenolic OH excluding ortho intramolecular Hbond substituents is 1. The third kappa shape index (κ3) is 4.02. The van der Waals surface area contributed by atoms with Crippen LogP contribution in [-0.2, 0) is 11.8 Å². The minimum absolute atomic E-state index is 0.108. The van der Waals surface area contributed by atoms with Crippen LogP contribution in [0.25, 0.3) is 22.3 Å². The molecule has 0 saturated carbocycles. The second-order valence-electron chi connectivity index (χ2n) is 11.0. The second kappa shape index (κ2) is 10.3. The Labute approximate surface area is 267 Å². The number of amides is 1. The number of halogens is 1. The van der Waals surface area contributed by atoms with Crippen LogP contribution in [0, 0.1) is 10.4 Å². The van der Waals surface area contributed by atoms with Gasteiger partial charge in [0.1, 0.15) is 22.7 Å². The van der Waals surface area contributed by atoms with E-state index in [1.54, 1.807) is 6.07 Å². The molecule has 15 heteroatoms. The van der Waals surface area contributed by atoms with Gasteiger partial charge in [0.15, 0.2) is 11.2 Å². The lowest BCUT2D eigenvalue weighted by Gasteiger charge is -2.27. The van der Waals surface area contributed by atoms with E-state index in [-0.39, 0.29) is 40.4 Å². The van der Waals surface area contributed by atoms with Gasteiger partial charge in [-0.15, -0.1) is 0 Å². The summed E-state index contributed by atoms with van der Waals surface area (Å²) < 4.78 is 5.48. The number of methoxy groups -OCH3 is 1. The molecular weight excluding hydrogens is 680 g/mol. The van der Waals surface area contributed by atoms with Crippen LogP contribution >= 0.6 is 15.9 Å². The Bertz CT molecular complexity index is 2790. The minimum atomic E-state index is -2.01. The summed E-state index contributed by atoms with van der Waals surface area (Å²) in [5.74, 6) is -3.24. The van der Waals surface area contributed by atoms with Gasteiger partial charge in [0.2, 0.25) is 16.3 Å². The lowest BCUT2D eigenvalue weighted by atomic mass is 9.78. The van der Waals surface area contributed by atoms with Crippen molar-refractivity contribution in [3.63, 3.8) is 0 Å². The van der Waals surface area contributed by atoms with E-state index in [4.69, 9.17) is 4.74 Å². The monoisotopic (exact) mass is 698 g/mol.